The van der Waals surface area contributed by atoms with E-state index in [2.05, 4.69) is 11.6 Å². The van der Waals surface area contributed by atoms with Gasteiger partial charge in [0.1, 0.15) is 0 Å². The minimum Gasteiger partial charge on any atom is -0.330 e. The van der Waals surface area contributed by atoms with Crippen LogP contribution in [0, 0.1) is 6.92 Å². The van der Waals surface area contributed by atoms with Gasteiger partial charge in [-0.3, -0.25) is 0 Å². The van der Waals surface area contributed by atoms with Gasteiger partial charge in [0.25, 0.3) is 0 Å². The second kappa shape index (κ2) is 3.64. The molecule has 0 aliphatic heterocycles. The van der Waals surface area contributed by atoms with Gasteiger partial charge in [-0.15, -0.1) is 11.3 Å². The standard InChI is InChI=1S/C8H12N2S/c1-6(3-4-9)8-7(2)10-5-11-8/h5H,1,3-4,9H2,2H3. The molecule has 0 aliphatic rings. The van der Waals surface area contributed by atoms with Crippen LogP contribution >= 0.6 is 11.3 Å². The second-order valence-corrected chi connectivity index (χ2v) is 3.26. The zero-order valence-corrected chi connectivity index (χ0v) is 7.45. The molecule has 0 bridgehead atoms. The van der Waals surface area contributed by atoms with Crippen molar-refractivity contribution in [1.29, 1.82) is 0 Å². The highest BCUT2D eigenvalue weighted by molar-refractivity contribution is 7.10. The van der Waals surface area contributed by atoms with Crippen LogP contribution in [0.2, 0.25) is 0 Å². The highest BCUT2D eigenvalue weighted by atomic mass is 32.1. The van der Waals surface area contributed by atoms with Gasteiger partial charge in [-0.25, -0.2) is 4.98 Å². The lowest BCUT2D eigenvalue weighted by molar-refractivity contribution is 1.02. The number of rotatable bonds is 3. The fourth-order valence-electron chi connectivity index (χ4n) is 0.929. The number of nitrogens with two attached hydrogens (primary N) is 1. The Labute approximate surface area is 70.8 Å². The molecule has 0 atom stereocenters. The average Bonchev–Trinajstić information content (AvgIpc) is 2.36. The Bertz CT molecular complexity index is 252. The maximum Gasteiger partial charge on any atom is 0.0801 e. The predicted molar refractivity (Wildman–Crippen MR) is 49.6 cm³/mol. The van der Waals surface area contributed by atoms with Gasteiger partial charge in [-0.05, 0) is 25.5 Å². The van der Waals surface area contributed by atoms with E-state index in [1.165, 1.54) is 4.88 Å². The Morgan fingerprint density at radius 1 is 1.82 bits per heavy atom. The zero-order valence-electron chi connectivity index (χ0n) is 6.63. The van der Waals surface area contributed by atoms with Crippen LogP contribution in [-0.2, 0) is 0 Å². The van der Waals surface area contributed by atoms with E-state index < -0.39 is 0 Å². The summed E-state index contributed by atoms with van der Waals surface area (Å²) in [6.07, 6.45) is 0.864. The largest absolute Gasteiger partial charge is 0.330 e. The maximum atomic E-state index is 5.41. The van der Waals surface area contributed by atoms with E-state index in [1.54, 1.807) is 11.3 Å². The summed E-state index contributed by atoms with van der Waals surface area (Å²) in [6, 6.07) is 0. The number of nitrogens with zero attached hydrogens (tertiary/aromatic N) is 1. The van der Waals surface area contributed by atoms with E-state index in [0.717, 1.165) is 17.7 Å². The third-order valence-electron chi connectivity index (χ3n) is 1.51. The molecule has 0 spiro atoms. The van der Waals surface area contributed by atoms with E-state index in [9.17, 15) is 0 Å². The molecule has 3 heteroatoms. The molecular weight excluding hydrogens is 156 g/mol. The smallest absolute Gasteiger partial charge is 0.0801 e. The van der Waals surface area contributed by atoms with Gasteiger partial charge >= 0.3 is 0 Å². The molecule has 0 aromatic carbocycles. The average molecular weight is 168 g/mol. The van der Waals surface area contributed by atoms with Crippen LogP contribution in [0.4, 0.5) is 0 Å². The Kier molecular flexibility index (Phi) is 2.79. The van der Waals surface area contributed by atoms with Crippen molar-refractivity contribution in [2.45, 2.75) is 13.3 Å². The molecule has 1 heterocycles. The van der Waals surface area contributed by atoms with Crippen molar-refractivity contribution < 1.29 is 0 Å². The molecule has 60 valence electrons. The zero-order chi connectivity index (χ0) is 8.27. The number of aryl methyl sites for hydroxylation is 1. The van der Waals surface area contributed by atoms with Crippen molar-refractivity contribution in [3.63, 3.8) is 0 Å². The van der Waals surface area contributed by atoms with E-state index >= 15 is 0 Å². The monoisotopic (exact) mass is 168 g/mol. The quantitative estimate of drug-likeness (QED) is 0.747. The molecule has 1 aromatic heterocycles. The third kappa shape index (κ3) is 1.88. The van der Waals surface area contributed by atoms with Crippen molar-refractivity contribution in [2.75, 3.05) is 6.54 Å². The Morgan fingerprint density at radius 3 is 3.00 bits per heavy atom. The van der Waals surface area contributed by atoms with Crippen molar-refractivity contribution in [2.24, 2.45) is 5.73 Å². The van der Waals surface area contributed by atoms with Crippen molar-refractivity contribution in [1.82, 2.24) is 4.98 Å². The van der Waals surface area contributed by atoms with Crippen LogP contribution in [0.3, 0.4) is 0 Å². The van der Waals surface area contributed by atoms with Crippen LogP contribution in [-0.4, -0.2) is 11.5 Å². The predicted octanol–water partition coefficient (Wildman–Crippen LogP) is 1.81. The van der Waals surface area contributed by atoms with Gasteiger partial charge in [-0.2, -0.15) is 0 Å². The molecule has 0 saturated carbocycles. The van der Waals surface area contributed by atoms with Crippen LogP contribution in [0.1, 0.15) is 17.0 Å². The molecule has 1 aromatic rings. The van der Waals surface area contributed by atoms with Gasteiger partial charge in [0.15, 0.2) is 0 Å². The first-order chi connectivity index (χ1) is 5.25. The first kappa shape index (κ1) is 8.43. The Hall–Kier alpha value is -0.670. The highest BCUT2D eigenvalue weighted by Gasteiger charge is 2.03. The molecule has 11 heavy (non-hydrogen) atoms. The summed E-state index contributed by atoms with van der Waals surface area (Å²) < 4.78 is 0. The van der Waals surface area contributed by atoms with E-state index in [4.69, 9.17) is 5.73 Å². The lowest BCUT2D eigenvalue weighted by Gasteiger charge is -1.99. The molecule has 0 amide bonds. The van der Waals surface area contributed by atoms with E-state index in [1.807, 2.05) is 12.4 Å². The van der Waals surface area contributed by atoms with Crippen molar-refractivity contribution in [3.05, 3.63) is 22.7 Å². The summed E-state index contributed by atoms with van der Waals surface area (Å²) in [5.41, 5.74) is 9.42. The number of hydrogen-bond acceptors (Lipinski definition) is 3. The number of thiazole rings is 1. The highest BCUT2D eigenvalue weighted by Crippen LogP contribution is 2.22. The normalized spacial score (nSPS) is 10.0. The first-order valence-electron chi connectivity index (χ1n) is 3.54. The molecule has 0 radical (unpaired) electrons. The summed E-state index contributed by atoms with van der Waals surface area (Å²) in [4.78, 5) is 5.33. The van der Waals surface area contributed by atoms with Gasteiger partial charge in [-0.1, -0.05) is 6.58 Å². The van der Waals surface area contributed by atoms with Crippen molar-refractivity contribution in [3.8, 4) is 0 Å². The van der Waals surface area contributed by atoms with Crippen LogP contribution in [0.5, 0.6) is 0 Å². The van der Waals surface area contributed by atoms with Crippen molar-refractivity contribution >= 4 is 16.9 Å². The topological polar surface area (TPSA) is 38.9 Å². The molecule has 2 nitrogen and oxygen atoms in total. The fourth-order valence-corrected chi connectivity index (χ4v) is 1.74. The summed E-state index contributed by atoms with van der Waals surface area (Å²) in [6.45, 7) is 6.59. The SMILES string of the molecule is C=C(CCN)c1scnc1C. The molecular formula is C8H12N2S. The fraction of sp³-hybridized carbons (Fsp3) is 0.375. The molecule has 0 saturated heterocycles. The van der Waals surface area contributed by atoms with E-state index in [0.29, 0.717) is 6.54 Å². The molecule has 2 N–H and O–H groups in total. The molecule has 1 rings (SSSR count). The Balaban J connectivity index is 2.76. The first-order valence-corrected chi connectivity index (χ1v) is 4.42. The Morgan fingerprint density at radius 2 is 2.55 bits per heavy atom. The number of aromatic nitrogens is 1. The van der Waals surface area contributed by atoms with Gasteiger partial charge in [0.05, 0.1) is 16.1 Å². The summed E-state index contributed by atoms with van der Waals surface area (Å²) >= 11 is 1.63. The summed E-state index contributed by atoms with van der Waals surface area (Å²) in [5, 5.41) is 0. The summed E-state index contributed by atoms with van der Waals surface area (Å²) in [7, 11) is 0. The molecule has 0 aliphatic carbocycles. The number of hydrogen-bond donors (Lipinski definition) is 1. The lowest BCUT2D eigenvalue weighted by Crippen LogP contribution is -1.98. The molecule has 0 fully saturated rings. The minimum atomic E-state index is 0.663. The summed E-state index contributed by atoms with van der Waals surface area (Å²) in [5.74, 6) is 0. The van der Waals surface area contributed by atoms with Crippen LogP contribution < -0.4 is 5.73 Å². The maximum absolute atomic E-state index is 5.41. The third-order valence-corrected chi connectivity index (χ3v) is 2.54. The second-order valence-electron chi connectivity index (χ2n) is 2.41. The van der Waals surface area contributed by atoms with Gasteiger partial charge in [0, 0.05) is 0 Å². The van der Waals surface area contributed by atoms with Crippen LogP contribution in [0.25, 0.3) is 5.57 Å². The lowest BCUT2D eigenvalue weighted by atomic mass is 10.1. The van der Waals surface area contributed by atoms with Gasteiger partial charge < -0.3 is 5.73 Å². The minimum absolute atomic E-state index is 0.663. The molecule has 0 unspecified atom stereocenters. The van der Waals surface area contributed by atoms with Gasteiger partial charge in [0.2, 0.25) is 0 Å². The van der Waals surface area contributed by atoms with E-state index in [-0.39, 0.29) is 0 Å². The van der Waals surface area contributed by atoms with Crippen LogP contribution in [0.15, 0.2) is 12.1 Å².